The van der Waals surface area contributed by atoms with Crippen LogP contribution >= 0.6 is 0 Å². The monoisotopic (exact) mass is 445 g/mol. The van der Waals surface area contributed by atoms with E-state index in [1.54, 1.807) is 7.11 Å². The minimum absolute atomic E-state index is 0. The van der Waals surface area contributed by atoms with Crippen molar-refractivity contribution >= 4 is 0 Å². The largest absolute Gasteiger partial charge is 2.00 e. The molecule has 1 fully saturated rings. The topological polar surface area (TPSA) is 30.3 Å². The van der Waals surface area contributed by atoms with Crippen molar-refractivity contribution in [3.63, 3.8) is 0 Å². The molecule has 1 aromatic heterocycles. The summed E-state index contributed by atoms with van der Waals surface area (Å²) in [6.07, 6.45) is 5.35. The van der Waals surface area contributed by atoms with Crippen molar-refractivity contribution in [1.29, 1.82) is 0 Å². The molecule has 0 saturated carbocycles. The van der Waals surface area contributed by atoms with Crippen LogP contribution in [0, 0.1) is 51.2 Å². The van der Waals surface area contributed by atoms with Crippen LogP contribution in [0.2, 0.25) is 0 Å². The number of methoxy groups -OCH3 is 1. The van der Waals surface area contributed by atoms with Crippen molar-refractivity contribution in [2.45, 2.75) is 25.6 Å². The second-order valence-corrected chi connectivity index (χ2v) is 4.09. The first-order valence-corrected chi connectivity index (χ1v) is 5.20. The molecule has 1 saturated heterocycles. The van der Waals surface area contributed by atoms with Crippen molar-refractivity contribution < 1.29 is 35.9 Å². The van der Waals surface area contributed by atoms with Crippen molar-refractivity contribution in [2.75, 3.05) is 20.2 Å². The van der Waals surface area contributed by atoms with Crippen LogP contribution in [0.5, 0.6) is 0 Å². The summed E-state index contributed by atoms with van der Waals surface area (Å²) in [5.41, 5.74) is 1.07. The van der Waals surface area contributed by atoms with Crippen molar-refractivity contribution in [1.82, 2.24) is 14.7 Å². The zero-order valence-electron chi connectivity index (χ0n) is 9.81. The van der Waals surface area contributed by atoms with Gasteiger partial charge < -0.3 is 21.2 Å². The van der Waals surface area contributed by atoms with Gasteiger partial charge in [0.25, 0.3) is 0 Å². The second kappa shape index (κ2) is 6.21. The van der Waals surface area contributed by atoms with Crippen LogP contribution in [-0.4, -0.2) is 47.0 Å². The van der Waals surface area contributed by atoms with E-state index in [1.807, 2.05) is 17.8 Å². The van der Waals surface area contributed by atoms with Crippen molar-refractivity contribution in [3.05, 3.63) is 24.9 Å². The molecule has 2 heterocycles. The fourth-order valence-electron chi connectivity index (χ4n) is 1.74. The number of aryl methyl sites for hydroxylation is 1. The van der Waals surface area contributed by atoms with Crippen LogP contribution in [0.25, 0.3) is 0 Å². The van der Waals surface area contributed by atoms with Crippen LogP contribution in [0.4, 0.5) is 0 Å². The van der Waals surface area contributed by atoms with Crippen LogP contribution in [-0.2, 0) is 11.3 Å². The summed E-state index contributed by atoms with van der Waals surface area (Å²) in [7, 11) is 1.75. The van der Waals surface area contributed by atoms with Gasteiger partial charge in [0.15, 0.2) is 0 Å². The maximum atomic E-state index is 5.22. The summed E-state index contributed by atoms with van der Waals surface area (Å²) in [4.78, 5) is 2.29. The maximum Gasteiger partial charge on any atom is 2.00 e. The van der Waals surface area contributed by atoms with Gasteiger partial charge in [0.05, 0.1) is 6.10 Å². The third-order valence-corrected chi connectivity index (χ3v) is 2.81. The Morgan fingerprint density at radius 3 is 2.88 bits per heavy atom. The number of nitrogens with zero attached hydrogens (tertiary/aromatic N) is 3. The number of likely N-dealkylation sites (tertiary alicyclic amines) is 1. The van der Waals surface area contributed by atoms with Gasteiger partial charge in [-0.2, -0.15) is 5.56 Å². The molecule has 0 aromatic carbocycles. The van der Waals surface area contributed by atoms with E-state index in [9.17, 15) is 0 Å². The van der Waals surface area contributed by atoms with Gasteiger partial charge in [-0.25, -0.2) is 0 Å². The normalized spacial score (nSPS) is 18.9. The molecule has 0 bridgehead atoms. The summed E-state index contributed by atoms with van der Waals surface area (Å²) in [5, 5.41) is 4.20. The van der Waals surface area contributed by atoms with Crippen LogP contribution < -0.4 is 0 Å². The third kappa shape index (κ3) is 3.34. The molecule has 0 N–H and O–H groups in total. The Kier molecular flexibility index (Phi) is 5.52. The SMILES string of the molecule is [CH2-][C@H](Cn1[c-]c(C)cn1)N1CC(OC)C1.[U+2]. The van der Waals surface area contributed by atoms with Crippen LogP contribution in [0.3, 0.4) is 0 Å². The Morgan fingerprint density at radius 2 is 2.38 bits per heavy atom. The maximum absolute atomic E-state index is 5.22. The van der Waals surface area contributed by atoms with Crippen molar-refractivity contribution in [2.24, 2.45) is 0 Å². The van der Waals surface area contributed by atoms with Gasteiger partial charge in [0.2, 0.25) is 0 Å². The van der Waals surface area contributed by atoms with E-state index in [0.29, 0.717) is 6.10 Å². The number of hydrogen-bond donors (Lipinski definition) is 0. The van der Waals surface area contributed by atoms with Gasteiger partial charge in [0, 0.05) is 26.7 Å². The number of hydrogen-bond acceptors (Lipinski definition) is 3. The first kappa shape index (κ1) is 14.2. The van der Waals surface area contributed by atoms with Gasteiger partial charge in [-0.3, -0.25) is 5.10 Å². The van der Waals surface area contributed by atoms with Gasteiger partial charge >= 0.3 is 31.1 Å². The first-order chi connectivity index (χ1) is 7.19. The predicted molar refractivity (Wildman–Crippen MR) is 57.3 cm³/mol. The van der Waals surface area contributed by atoms with E-state index in [0.717, 1.165) is 25.2 Å². The summed E-state index contributed by atoms with van der Waals surface area (Å²) < 4.78 is 7.05. The van der Waals surface area contributed by atoms with E-state index >= 15 is 0 Å². The molecule has 16 heavy (non-hydrogen) atoms. The quantitative estimate of drug-likeness (QED) is 0.634. The first-order valence-electron chi connectivity index (χ1n) is 5.20. The molecule has 86 valence electrons. The van der Waals surface area contributed by atoms with Gasteiger partial charge in [0.1, 0.15) is 0 Å². The minimum Gasteiger partial charge on any atom is -0.379 e. The summed E-state index contributed by atoms with van der Waals surface area (Å²) in [5.74, 6) is 0. The Morgan fingerprint density at radius 1 is 1.69 bits per heavy atom. The van der Waals surface area contributed by atoms with E-state index in [4.69, 9.17) is 4.74 Å². The standard InChI is InChI=1S/C11H17N3O.U/c1-9-4-12-14(5-9)6-10(2)13-7-11(8-13)15-3;/h4,10-11H,2,6-8H2,1,3H3;/q-2;+2/t10-;/m1./s1. The summed E-state index contributed by atoms with van der Waals surface area (Å²) in [6.45, 7) is 8.87. The number of ether oxygens (including phenoxy) is 1. The molecule has 0 amide bonds. The second-order valence-electron chi connectivity index (χ2n) is 4.09. The van der Waals surface area contributed by atoms with Gasteiger partial charge in [-0.05, 0) is 0 Å². The molecule has 1 atom stereocenters. The number of aromatic nitrogens is 2. The van der Waals surface area contributed by atoms with E-state index in [2.05, 4.69) is 23.1 Å². The molecule has 0 radical (unpaired) electrons. The summed E-state index contributed by atoms with van der Waals surface area (Å²) in [6, 6.07) is 0.256. The molecule has 0 spiro atoms. The summed E-state index contributed by atoms with van der Waals surface area (Å²) >= 11 is 0. The zero-order valence-corrected chi connectivity index (χ0v) is 14.0. The average molecular weight is 445 g/mol. The van der Waals surface area contributed by atoms with E-state index in [-0.39, 0.29) is 37.2 Å². The molecule has 5 heteroatoms. The van der Waals surface area contributed by atoms with Gasteiger partial charge in [-0.1, -0.05) is 13.0 Å². The average Bonchev–Trinajstić information content (AvgIpc) is 2.49. The molecular formula is C11H17N3OU. The van der Waals surface area contributed by atoms with E-state index in [1.165, 1.54) is 0 Å². The smallest absolute Gasteiger partial charge is 0.379 e. The molecule has 1 aliphatic heterocycles. The fraction of sp³-hybridized carbons (Fsp3) is 0.636. The molecular weight excluding hydrogens is 428 g/mol. The zero-order chi connectivity index (χ0) is 10.8. The Balaban J connectivity index is 0.00000128. The van der Waals surface area contributed by atoms with Crippen LogP contribution in [0.15, 0.2) is 6.20 Å². The molecule has 0 unspecified atom stereocenters. The Bertz CT molecular complexity index is 323. The Labute approximate surface area is 121 Å². The number of rotatable bonds is 4. The van der Waals surface area contributed by atoms with Gasteiger partial charge in [-0.15, -0.1) is 12.4 Å². The van der Waals surface area contributed by atoms with Crippen LogP contribution in [0.1, 0.15) is 5.56 Å². The molecule has 4 nitrogen and oxygen atoms in total. The fourth-order valence-corrected chi connectivity index (χ4v) is 1.74. The molecule has 2 rings (SSSR count). The minimum atomic E-state index is 0. The molecule has 1 aromatic rings. The van der Waals surface area contributed by atoms with Crippen molar-refractivity contribution in [3.8, 4) is 0 Å². The molecule has 0 aliphatic carbocycles. The Hall–Kier alpha value is 0.182. The third-order valence-electron chi connectivity index (χ3n) is 2.81. The predicted octanol–water partition coefficient (Wildman–Crippen LogP) is 0.525. The molecule has 1 aliphatic rings. The van der Waals surface area contributed by atoms with E-state index < -0.39 is 0 Å².